The molecule has 0 aliphatic heterocycles. The molecule has 1 atom stereocenters. The van der Waals surface area contributed by atoms with E-state index in [1.165, 1.54) is 12.1 Å². The highest BCUT2D eigenvalue weighted by Crippen LogP contribution is 2.12. The summed E-state index contributed by atoms with van der Waals surface area (Å²) in [6.07, 6.45) is 4.42. The molecule has 2 aromatic rings. The third-order valence-electron chi connectivity index (χ3n) is 3.07. The lowest BCUT2D eigenvalue weighted by molar-refractivity contribution is 0.540. The lowest BCUT2D eigenvalue weighted by Gasteiger charge is -2.12. The Morgan fingerprint density at radius 2 is 1.84 bits per heavy atom. The Bertz CT molecular complexity index is 585. The van der Waals surface area contributed by atoms with E-state index in [4.69, 9.17) is 5.73 Å². The maximum Gasteiger partial charge on any atom is 0.328 e. The van der Waals surface area contributed by atoms with Gasteiger partial charge in [-0.15, -0.1) is 0 Å². The van der Waals surface area contributed by atoms with Crippen LogP contribution in [0.1, 0.15) is 24.9 Å². The lowest BCUT2D eigenvalue weighted by Crippen LogP contribution is -2.28. The van der Waals surface area contributed by atoms with Crippen LogP contribution < -0.4 is 11.4 Å². The lowest BCUT2D eigenvalue weighted by atomic mass is 10.1. The second-order valence-electron chi connectivity index (χ2n) is 4.58. The van der Waals surface area contributed by atoms with E-state index in [0.29, 0.717) is 13.1 Å². The zero-order valence-electron chi connectivity index (χ0n) is 10.9. The average molecular weight is 263 g/mol. The van der Waals surface area contributed by atoms with Gasteiger partial charge in [0.1, 0.15) is 5.82 Å². The number of nitrogens with zero attached hydrogens (tertiary/aromatic N) is 2. The van der Waals surface area contributed by atoms with Crippen molar-refractivity contribution in [1.29, 1.82) is 0 Å². The van der Waals surface area contributed by atoms with Crippen LogP contribution in [0.3, 0.4) is 0 Å². The molecule has 1 aromatic heterocycles. The summed E-state index contributed by atoms with van der Waals surface area (Å²) in [5.41, 5.74) is 6.80. The second kappa shape index (κ2) is 5.84. The molecular formula is C14H18FN3O. The number of nitrogens with two attached hydrogens (primary N) is 1. The van der Waals surface area contributed by atoms with Gasteiger partial charge in [-0.1, -0.05) is 19.1 Å². The molecule has 0 bridgehead atoms. The summed E-state index contributed by atoms with van der Waals surface area (Å²) in [5, 5.41) is 0. The molecule has 0 aliphatic carbocycles. The Kier molecular flexibility index (Phi) is 4.16. The predicted octanol–water partition coefficient (Wildman–Crippen LogP) is 1.90. The Labute approximate surface area is 111 Å². The molecule has 2 rings (SSSR count). The number of rotatable bonds is 5. The van der Waals surface area contributed by atoms with Crippen LogP contribution in [0.25, 0.3) is 0 Å². The van der Waals surface area contributed by atoms with Crippen molar-refractivity contribution >= 4 is 0 Å². The second-order valence-corrected chi connectivity index (χ2v) is 4.58. The topological polar surface area (TPSA) is 52.9 Å². The van der Waals surface area contributed by atoms with Crippen molar-refractivity contribution in [2.45, 2.75) is 32.5 Å². The third-order valence-corrected chi connectivity index (χ3v) is 3.07. The molecule has 0 aliphatic rings. The zero-order valence-corrected chi connectivity index (χ0v) is 10.9. The predicted molar refractivity (Wildman–Crippen MR) is 72.3 cm³/mol. The van der Waals surface area contributed by atoms with Crippen molar-refractivity contribution < 1.29 is 4.39 Å². The number of halogens is 1. The van der Waals surface area contributed by atoms with Gasteiger partial charge >= 0.3 is 5.69 Å². The molecule has 19 heavy (non-hydrogen) atoms. The molecule has 5 heteroatoms. The summed E-state index contributed by atoms with van der Waals surface area (Å²) in [4.78, 5) is 12.0. The first-order valence-electron chi connectivity index (χ1n) is 6.38. The molecule has 2 N–H and O–H groups in total. The average Bonchev–Trinajstić information content (AvgIpc) is 2.73. The van der Waals surface area contributed by atoms with E-state index in [-0.39, 0.29) is 17.5 Å². The first-order chi connectivity index (χ1) is 9.11. The molecular weight excluding hydrogens is 245 g/mol. The maximum atomic E-state index is 12.8. The van der Waals surface area contributed by atoms with Crippen LogP contribution in [0.15, 0.2) is 41.5 Å². The largest absolute Gasteiger partial charge is 0.328 e. The van der Waals surface area contributed by atoms with Crippen molar-refractivity contribution in [2.24, 2.45) is 5.73 Å². The minimum absolute atomic E-state index is 0.0561. The first-order valence-corrected chi connectivity index (χ1v) is 6.38. The molecule has 0 spiro atoms. The Balaban J connectivity index is 2.12. The van der Waals surface area contributed by atoms with Crippen LogP contribution in [0.4, 0.5) is 4.39 Å². The van der Waals surface area contributed by atoms with Gasteiger partial charge in [0.25, 0.3) is 0 Å². The molecule has 102 valence electrons. The number of hydrogen-bond acceptors (Lipinski definition) is 2. The van der Waals surface area contributed by atoms with Crippen LogP contribution in [-0.2, 0) is 13.1 Å². The van der Waals surface area contributed by atoms with Crippen LogP contribution in [0, 0.1) is 5.82 Å². The standard InChI is InChI=1S/C14H18FN3O/c1-2-7-17-8-9-18(14(17)19)10-13(16)11-3-5-12(15)6-4-11/h3-6,8-9,13H,2,7,10,16H2,1H3. The van der Waals surface area contributed by atoms with E-state index in [1.807, 2.05) is 6.92 Å². The monoisotopic (exact) mass is 263 g/mol. The van der Waals surface area contributed by atoms with E-state index in [1.54, 1.807) is 33.7 Å². The van der Waals surface area contributed by atoms with Gasteiger partial charge in [0.15, 0.2) is 0 Å². The molecule has 1 aromatic carbocycles. The summed E-state index contributed by atoms with van der Waals surface area (Å²) in [5.74, 6) is -0.290. The van der Waals surface area contributed by atoms with Gasteiger partial charge in [-0.25, -0.2) is 9.18 Å². The number of imidazole rings is 1. The van der Waals surface area contributed by atoms with Crippen molar-refractivity contribution in [2.75, 3.05) is 0 Å². The molecule has 0 saturated carbocycles. The van der Waals surface area contributed by atoms with Gasteiger partial charge in [-0.05, 0) is 24.1 Å². The summed E-state index contributed by atoms with van der Waals surface area (Å²) in [6, 6.07) is 5.72. The zero-order chi connectivity index (χ0) is 13.8. The van der Waals surface area contributed by atoms with E-state index in [2.05, 4.69) is 0 Å². The minimum atomic E-state index is -0.323. The van der Waals surface area contributed by atoms with Crippen molar-refractivity contribution in [3.8, 4) is 0 Å². The Morgan fingerprint density at radius 3 is 2.47 bits per heavy atom. The summed E-state index contributed by atoms with van der Waals surface area (Å²) in [7, 11) is 0. The molecule has 0 radical (unpaired) electrons. The van der Waals surface area contributed by atoms with Crippen molar-refractivity contribution in [3.63, 3.8) is 0 Å². The van der Waals surface area contributed by atoms with E-state index < -0.39 is 0 Å². The van der Waals surface area contributed by atoms with E-state index in [0.717, 1.165) is 12.0 Å². The summed E-state index contributed by atoms with van der Waals surface area (Å²) in [6.45, 7) is 3.12. The summed E-state index contributed by atoms with van der Waals surface area (Å²) >= 11 is 0. The van der Waals surface area contributed by atoms with E-state index >= 15 is 0 Å². The van der Waals surface area contributed by atoms with Gasteiger partial charge in [-0.2, -0.15) is 0 Å². The molecule has 0 fully saturated rings. The number of aryl methyl sites for hydroxylation is 1. The molecule has 1 heterocycles. The summed E-state index contributed by atoms with van der Waals surface area (Å²) < 4.78 is 16.1. The minimum Gasteiger partial charge on any atom is -0.322 e. The highest BCUT2D eigenvalue weighted by molar-refractivity contribution is 5.19. The van der Waals surface area contributed by atoms with Crippen molar-refractivity contribution in [3.05, 3.63) is 58.5 Å². The number of hydrogen-bond donors (Lipinski definition) is 1. The van der Waals surface area contributed by atoms with Gasteiger partial charge < -0.3 is 5.73 Å². The van der Waals surface area contributed by atoms with Crippen LogP contribution in [-0.4, -0.2) is 9.13 Å². The molecule has 4 nitrogen and oxygen atoms in total. The molecule has 0 saturated heterocycles. The SMILES string of the molecule is CCCn1ccn(CC(N)c2ccc(F)cc2)c1=O. The fraction of sp³-hybridized carbons (Fsp3) is 0.357. The van der Waals surface area contributed by atoms with Crippen LogP contribution in [0.5, 0.6) is 0 Å². The quantitative estimate of drug-likeness (QED) is 0.895. The van der Waals surface area contributed by atoms with Gasteiger partial charge in [-0.3, -0.25) is 9.13 Å². The van der Waals surface area contributed by atoms with Gasteiger partial charge in [0.05, 0.1) is 0 Å². The first kappa shape index (κ1) is 13.5. The van der Waals surface area contributed by atoms with Gasteiger partial charge in [0.2, 0.25) is 0 Å². The van der Waals surface area contributed by atoms with Crippen molar-refractivity contribution in [1.82, 2.24) is 9.13 Å². The Hall–Kier alpha value is -1.88. The fourth-order valence-electron chi connectivity index (χ4n) is 2.03. The number of benzene rings is 1. The third kappa shape index (κ3) is 3.12. The normalized spacial score (nSPS) is 12.6. The fourth-order valence-corrected chi connectivity index (χ4v) is 2.03. The van der Waals surface area contributed by atoms with Crippen LogP contribution >= 0.6 is 0 Å². The maximum absolute atomic E-state index is 12.8. The van der Waals surface area contributed by atoms with Crippen LogP contribution in [0.2, 0.25) is 0 Å². The van der Waals surface area contributed by atoms with E-state index in [9.17, 15) is 9.18 Å². The highest BCUT2D eigenvalue weighted by atomic mass is 19.1. The molecule has 0 amide bonds. The number of aromatic nitrogens is 2. The molecule has 1 unspecified atom stereocenters. The van der Waals surface area contributed by atoms with Gasteiger partial charge in [0, 0.05) is 31.5 Å². The highest BCUT2D eigenvalue weighted by Gasteiger charge is 2.10. The smallest absolute Gasteiger partial charge is 0.322 e. The Morgan fingerprint density at radius 1 is 1.21 bits per heavy atom.